The molecule has 0 saturated carbocycles. The Balaban J connectivity index is 2.82. The van der Waals surface area contributed by atoms with Crippen LogP contribution < -0.4 is 4.72 Å². The molecule has 1 atom stereocenters. The average molecular weight is 277 g/mol. The molecule has 1 aromatic rings. The molecule has 1 aromatic carbocycles. The minimum Gasteiger partial charge on any atom is -0.229 e. The molecule has 0 amide bonds. The van der Waals surface area contributed by atoms with E-state index in [0.717, 1.165) is 6.26 Å². The smallest absolute Gasteiger partial charge is 0.229 e. The largest absolute Gasteiger partial charge is 0.240 e. The van der Waals surface area contributed by atoms with Crippen molar-refractivity contribution in [3.05, 3.63) is 30.3 Å². The van der Waals surface area contributed by atoms with Gasteiger partial charge in [-0.25, -0.2) is 21.6 Å². The van der Waals surface area contributed by atoms with Gasteiger partial charge in [0.25, 0.3) is 0 Å². The highest BCUT2D eigenvalue weighted by atomic mass is 32.2. The summed E-state index contributed by atoms with van der Waals surface area (Å²) in [7, 11) is -6.85. The maximum Gasteiger partial charge on any atom is 0.240 e. The molecular weight excluding hydrogens is 262 g/mol. The molecule has 5 nitrogen and oxygen atoms in total. The molecule has 7 heteroatoms. The first-order valence-corrected chi connectivity index (χ1v) is 8.50. The van der Waals surface area contributed by atoms with Crippen molar-refractivity contribution >= 4 is 19.9 Å². The Morgan fingerprint density at radius 3 is 2.12 bits per heavy atom. The molecule has 0 radical (unpaired) electrons. The first-order valence-electron chi connectivity index (χ1n) is 4.96. The summed E-state index contributed by atoms with van der Waals surface area (Å²) in [5, 5.41) is 0. The highest BCUT2D eigenvalue weighted by Crippen LogP contribution is 2.08. The minimum atomic E-state index is -3.65. The molecule has 0 aromatic heterocycles. The lowest BCUT2D eigenvalue weighted by Gasteiger charge is -2.12. The third-order valence-corrected chi connectivity index (χ3v) is 4.67. The van der Waals surface area contributed by atoms with Crippen LogP contribution in [-0.4, -0.2) is 34.9 Å². The molecule has 0 aliphatic rings. The Kier molecular flexibility index (Phi) is 4.29. The van der Waals surface area contributed by atoms with E-state index in [9.17, 15) is 16.8 Å². The fraction of sp³-hybridized carbons (Fsp3) is 0.400. The van der Waals surface area contributed by atoms with Gasteiger partial charge in [0.05, 0.1) is 10.6 Å². The van der Waals surface area contributed by atoms with E-state index in [1.54, 1.807) is 18.2 Å². The second-order valence-corrected chi connectivity index (χ2v) is 7.83. The van der Waals surface area contributed by atoms with Crippen LogP contribution in [0.5, 0.6) is 0 Å². The van der Waals surface area contributed by atoms with E-state index >= 15 is 0 Å². The molecule has 0 fully saturated rings. The van der Waals surface area contributed by atoms with Gasteiger partial charge in [-0.2, -0.15) is 0 Å². The SMILES string of the molecule is CC(CS(C)(=O)=O)NS(=O)(=O)c1ccccc1. The van der Waals surface area contributed by atoms with E-state index < -0.39 is 25.9 Å². The van der Waals surface area contributed by atoms with Crippen LogP contribution in [0.2, 0.25) is 0 Å². The van der Waals surface area contributed by atoms with Crippen molar-refractivity contribution < 1.29 is 16.8 Å². The predicted molar refractivity (Wildman–Crippen MR) is 65.9 cm³/mol. The van der Waals surface area contributed by atoms with Crippen LogP contribution in [0.3, 0.4) is 0 Å². The summed E-state index contributed by atoms with van der Waals surface area (Å²) in [6, 6.07) is 7.17. The predicted octanol–water partition coefficient (Wildman–Crippen LogP) is 0.398. The Morgan fingerprint density at radius 1 is 1.12 bits per heavy atom. The third-order valence-electron chi connectivity index (χ3n) is 1.96. The van der Waals surface area contributed by atoms with Gasteiger partial charge in [0.1, 0.15) is 9.84 Å². The Hall–Kier alpha value is -0.920. The summed E-state index contributed by atoms with van der Waals surface area (Å²) in [5.74, 6) is -0.223. The number of rotatable bonds is 5. The normalized spacial score (nSPS) is 14.5. The van der Waals surface area contributed by atoms with E-state index in [2.05, 4.69) is 4.72 Å². The Morgan fingerprint density at radius 2 is 1.65 bits per heavy atom. The van der Waals surface area contributed by atoms with Crippen molar-refractivity contribution in [2.75, 3.05) is 12.0 Å². The number of hydrogen-bond donors (Lipinski definition) is 1. The second kappa shape index (κ2) is 5.16. The van der Waals surface area contributed by atoms with Crippen LogP contribution >= 0.6 is 0 Å². The number of nitrogens with one attached hydrogen (secondary N) is 1. The van der Waals surface area contributed by atoms with Crippen molar-refractivity contribution in [2.45, 2.75) is 17.9 Å². The van der Waals surface area contributed by atoms with Crippen LogP contribution in [0.15, 0.2) is 35.2 Å². The molecule has 0 aliphatic carbocycles. The molecule has 17 heavy (non-hydrogen) atoms. The van der Waals surface area contributed by atoms with Gasteiger partial charge in [0.2, 0.25) is 10.0 Å². The van der Waals surface area contributed by atoms with Crippen molar-refractivity contribution in [3.63, 3.8) is 0 Å². The fourth-order valence-corrected chi connectivity index (χ4v) is 3.78. The number of sulfonamides is 1. The lowest BCUT2D eigenvalue weighted by molar-refractivity contribution is 0.564. The lowest BCUT2D eigenvalue weighted by Crippen LogP contribution is -2.37. The van der Waals surface area contributed by atoms with Gasteiger partial charge in [-0.15, -0.1) is 0 Å². The molecule has 0 spiro atoms. The summed E-state index contributed by atoms with van der Waals surface area (Å²) in [6.07, 6.45) is 1.07. The Bertz CT molecular complexity index is 564. The van der Waals surface area contributed by atoms with Crippen molar-refractivity contribution in [1.29, 1.82) is 0 Å². The molecule has 0 bridgehead atoms. The van der Waals surface area contributed by atoms with Crippen LogP contribution in [-0.2, 0) is 19.9 Å². The van der Waals surface area contributed by atoms with Crippen molar-refractivity contribution in [2.24, 2.45) is 0 Å². The second-order valence-electron chi connectivity index (χ2n) is 3.93. The maximum atomic E-state index is 11.8. The van der Waals surface area contributed by atoms with E-state index in [1.807, 2.05) is 0 Å². The van der Waals surface area contributed by atoms with Gasteiger partial charge in [0.15, 0.2) is 0 Å². The summed E-state index contributed by atoms with van der Waals surface area (Å²) < 4.78 is 48.0. The highest BCUT2D eigenvalue weighted by Gasteiger charge is 2.19. The van der Waals surface area contributed by atoms with Crippen LogP contribution in [0.4, 0.5) is 0 Å². The fourth-order valence-electron chi connectivity index (χ4n) is 1.42. The van der Waals surface area contributed by atoms with E-state index in [1.165, 1.54) is 19.1 Å². The third kappa shape index (κ3) is 4.84. The molecule has 96 valence electrons. The van der Waals surface area contributed by atoms with E-state index in [4.69, 9.17) is 0 Å². The van der Waals surface area contributed by atoms with Gasteiger partial charge in [-0.1, -0.05) is 18.2 Å². The highest BCUT2D eigenvalue weighted by molar-refractivity contribution is 7.91. The van der Waals surface area contributed by atoms with Crippen LogP contribution in [0.1, 0.15) is 6.92 Å². The maximum absolute atomic E-state index is 11.8. The van der Waals surface area contributed by atoms with Gasteiger partial charge < -0.3 is 0 Å². The molecule has 1 unspecified atom stereocenters. The van der Waals surface area contributed by atoms with Gasteiger partial charge in [-0.05, 0) is 19.1 Å². The molecule has 1 rings (SSSR count). The zero-order chi connectivity index (χ0) is 13.1. The zero-order valence-corrected chi connectivity index (χ0v) is 11.3. The topological polar surface area (TPSA) is 80.3 Å². The summed E-state index contributed by atoms with van der Waals surface area (Å²) >= 11 is 0. The van der Waals surface area contributed by atoms with Gasteiger partial charge in [0, 0.05) is 12.3 Å². The summed E-state index contributed by atoms with van der Waals surface area (Å²) in [5.41, 5.74) is 0. The number of sulfone groups is 1. The van der Waals surface area contributed by atoms with E-state index in [-0.39, 0.29) is 10.6 Å². The molecular formula is C10H15NO4S2. The van der Waals surface area contributed by atoms with Crippen LogP contribution in [0.25, 0.3) is 0 Å². The van der Waals surface area contributed by atoms with Crippen LogP contribution in [0, 0.1) is 0 Å². The summed E-state index contributed by atoms with van der Waals surface area (Å²) in [4.78, 5) is 0.125. The van der Waals surface area contributed by atoms with Crippen molar-refractivity contribution in [3.8, 4) is 0 Å². The minimum absolute atomic E-state index is 0.125. The quantitative estimate of drug-likeness (QED) is 0.844. The average Bonchev–Trinajstić information content (AvgIpc) is 2.15. The first kappa shape index (κ1) is 14.1. The molecule has 0 aliphatic heterocycles. The molecule has 1 N–H and O–H groups in total. The monoisotopic (exact) mass is 277 g/mol. The lowest BCUT2D eigenvalue weighted by atomic mass is 10.4. The first-order chi connectivity index (χ1) is 7.71. The zero-order valence-electron chi connectivity index (χ0n) is 9.62. The van der Waals surface area contributed by atoms with Gasteiger partial charge >= 0.3 is 0 Å². The standard InChI is InChI=1S/C10H15NO4S2/c1-9(8-16(2,12)13)11-17(14,15)10-6-4-3-5-7-10/h3-7,9,11H,8H2,1-2H3. The molecule has 0 heterocycles. The number of hydrogen-bond acceptors (Lipinski definition) is 4. The number of benzene rings is 1. The molecule has 0 saturated heterocycles. The Labute approximate surface area is 102 Å². The van der Waals surface area contributed by atoms with E-state index in [0.29, 0.717) is 0 Å². The van der Waals surface area contributed by atoms with Gasteiger partial charge in [-0.3, -0.25) is 0 Å². The van der Waals surface area contributed by atoms with Crippen molar-refractivity contribution in [1.82, 2.24) is 4.72 Å². The summed E-state index contributed by atoms with van der Waals surface area (Å²) in [6.45, 7) is 1.52.